The first-order valence-corrected chi connectivity index (χ1v) is 7.27. The molecule has 0 aliphatic heterocycles. The SMILES string of the molecule is CSCC[C@@H](N)C(=O)NC(C)c1cccc(O)c1. The van der Waals surface area contributed by atoms with Crippen molar-refractivity contribution in [3.8, 4) is 5.75 Å². The normalized spacial score (nSPS) is 13.9. The van der Waals surface area contributed by atoms with Gasteiger partial charge in [-0.1, -0.05) is 12.1 Å². The minimum absolute atomic E-state index is 0.153. The predicted octanol–water partition coefficient (Wildman–Crippen LogP) is 1.65. The summed E-state index contributed by atoms with van der Waals surface area (Å²) in [6, 6.07) is 6.21. The number of phenols is 1. The molecule has 1 aromatic carbocycles. The molecule has 0 aliphatic carbocycles. The largest absolute Gasteiger partial charge is 0.508 e. The molecule has 0 aliphatic rings. The molecule has 18 heavy (non-hydrogen) atoms. The zero-order chi connectivity index (χ0) is 13.5. The fourth-order valence-corrected chi connectivity index (χ4v) is 2.06. The number of thioether (sulfide) groups is 1. The van der Waals surface area contributed by atoms with Gasteiger partial charge in [0.25, 0.3) is 0 Å². The average Bonchev–Trinajstić information content (AvgIpc) is 2.35. The number of amides is 1. The maximum absolute atomic E-state index is 11.8. The number of benzene rings is 1. The number of carbonyl (C=O) groups excluding carboxylic acids is 1. The molecule has 0 fully saturated rings. The van der Waals surface area contributed by atoms with Crippen LogP contribution in [0.15, 0.2) is 24.3 Å². The number of hydrogen-bond acceptors (Lipinski definition) is 4. The fraction of sp³-hybridized carbons (Fsp3) is 0.462. The zero-order valence-electron chi connectivity index (χ0n) is 10.7. The molecule has 0 bridgehead atoms. The van der Waals surface area contributed by atoms with Crippen molar-refractivity contribution in [1.29, 1.82) is 0 Å². The number of carbonyl (C=O) groups is 1. The van der Waals surface area contributed by atoms with Gasteiger partial charge in [-0.3, -0.25) is 4.79 Å². The van der Waals surface area contributed by atoms with Crippen LogP contribution in [0.5, 0.6) is 5.75 Å². The van der Waals surface area contributed by atoms with E-state index in [0.717, 1.165) is 11.3 Å². The second kappa shape index (κ2) is 7.28. The van der Waals surface area contributed by atoms with Gasteiger partial charge in [0.2, 0.25) is 5.91 Å². The number of rotatable bonds is 6. The summed E-state index contributed by atoms with van der Waals surface area (Å²) in [5, 5.41) is 12.2. The molecule has 0 heterocycles. The van der Waals surface area contributed by atoms with Crippen molar-refractivity contribution < 1.29 is 9.90 Å². The molecule has 0 radical (unpaired) electrons. The van der Waals surface area contributed by atoms with Crippen LogP contribution >= 0.6 is 11.8 Å². The van der Waals surface area contributed by atoms with E-state index in [0.29, 0.717) is 6.42 Å². The molecule has 4 nitrogen and oxygen atoms in total. The lowest BCUT2D eigenvalue weighted by atomic mass is 10.1. The molecule has 4 N–H and O–H groups in total. The van der Waals surface area contributed by atoms with E-state index in [4.69, 9.17) is 5.73 Å². The smallest absolute Gasteiger partial charge is 0.237 e. The van der Waals surface area contributed by atoms with Crippen LogP contribution in [-0.4, -0.2) is 29.1 Å². The van der Waals surface area contributed by atoms with E-state index in [2.05, 4.69) is 5.32 Å². The summed E-state index contributed by atoms with van der Waals surface area (Å²) < 4.78 is 0. The molecular weight excluding hydrogens is 248 g/mol. The molecular formula is C13H20N2O2S. The Hall–Kier alpha value is -1.20. The molecule has 0 spiro atoms. The Balaban J connectivity index is 2.54. The molecule has 0 saturated carbocycles. The Morgan fingerprint density at radius 3 is 2.89 bits per heavy atom. The lowest BCUT2D eigenvalue weighted by Crippen LogP contribution is -2.41. The first-order valence-electron chi connectivity index (χ1n) is 5.88. The van der Waals surface area contributed by atoms with Crippen molar-refractivity contribution in [2.24, 2.45) is 5.73 Å². The lowest BCUT2D eigenvalue weighted by molar-refractivity contribution is -0.123. The van der Waals surface area contributed by atoms with Gasteiger partial charge in [-0.2, -0.15) is 11.8 Å². The van der Waals surface area contributed by atoms with Gasteiger partial charge in [0.15, 0.2) is 0 Å². The number of nitrogens with two attached hydrogens (primary N) is 1. The van der Waals surface area contributed by atoms with Crippen LogP contribution < -0.4 is 11.1 Å². The number of phenolic OH excluding ortho intramolecular Hbond substituents is 1. The van der Waals surface area contributed by atoms with Crippen molar-refractivity contribution in [3.05, 3.63) is 29.8 Å². The molecule has 2 atom stereocenters. The summed E-state index contributed by atoms with van der Waals surface area (Å²) in [5.74, 6) is 0.912. The fourth-order valence-electron chi connectivity index (χ4n) is 1.57. The predicted molar refractivity (Wildman–Crippen MR) is 75.6 cm³/mol. The van der Waals surface area contributed by atoms with Crippen LogP contribution in [0.25, 0.3) is 0 Å². The van der Waals surface area contributed by atoms with E-state index < -0.39 is 6.04 Å². The molecule has 1 amide bonds. The second-order valence-corrected chi connectivity index (χ2v) is 5.20. The van der Waals surface area contributed by atoms with Gasteiger partial charge in [0, 0.05) is 0 Å². The topological polar surface area (TPSA) is 75.4 Å². The van der Waals surface area contributed by atoms with Crippen LogP contribution in [0.4, 0.5) is 0 Å². The molecule has 1 rings (SSSR count). The van der Waals surface area contributed by atoms with Gasteiger partial charge < -0.3 is 16.2 Å². The van der Waals surface area contributed by atoms with E-state index in [9.17, 15) is 9.90 Å². The number of nitrogens with one attached hydrogen (secondary N) is 1. The van der Waals surface area contributed by atoms with Crippen molar-refractivity contribution in [2.75, 3.05) is 12.0 Å². The summed E-state index contributed by atoms with van der Waals surface area (Å²) in [6.07, 6.45) is 2.65. The highest BCUT2D eigenvalue weighted by Gasteiger charge is 2.16. The first kappa shape index (κ1) is 14.9. The summed E-state index contributed by atoms with van der Waals surface area (Å²) in [6.45, 7) is 1.87. The van der Waals surface area contributed by atoms with Gasteiger partial charge in [0.1, 0.15) is 5.75 Å². The Kier molecular flexibility index (Phi) is 6.01. The third kappa shape index (κ3) is 4.58. The highest BCUT2D eigenvalue weighted by Crippen LogP contribution is 2.17. The molecule has 5 heteroatoms. The summed E-state index contributed by atoms with van der Waals surface area (Å²) in [5.41, 5.74) is 6.65. The van der Waals surface area contributed by atoms with E-state index >= 15 is 0 Å². The van der Waals surface area contributed by atoms with Gasteiger partial charge in [-0.25, -0.2) is 0 Å². The Bertz CT molecular complexity index is 398. The van der Waals surface area contributed by atoms with Crippen LogP contribution in [0.3, 0.4) is 0 Å². The van der Waals surface area contributed by atoms with Crippen molar-refractivity contribution in [2.45, 2.75) is 25.4 Å². The van der Waals surface area contributed by atoms with Gasteiger partial charge in [-0.15, -0.1) is 0 Å². The third-order valence-electron chi connectivity index (χ3n) is 2.70. The molecule has 0 saturated heterocycles. The van der Waals surface area contributed by atoms with Crippen molar-refractivity contribution >= 4 is 17.7 Å². The minimum atomic E-state index is -0.475. The Morgan fingerprint density at radius 1 is 1.56 bits per heavy atom. The molecule has 1 aromatic rings. The van der Waals surface area contributed by atoms with Gasteiger partial charge in [0.05, 0.1) is 12.1 Å². The van der Waals surface area contributed by atoms with Crippen molar-refractivity contribution in [3.63, 3.8) is 0 Å². The Labute approximate surface area is 112 Å². The maximum atomic E-state index is 11.8. The average molecular weight is 268 g/mol. The highest BCUT2D eigenvalue weighted by molar-refractivity contribution is 7.98. The minimum Gasteiger partial charge on any atom is -0.508 e. The van der Waals surface area contributed by atoms with Gasteiger partial charge >= 0.3 is 0 Å². The lowest BCUT2D eigenvalue weighted by Gasteiger charge is -2.17. The second-order valence-electron chi connectivity index (χ2n) is 4.21. The molecule has 100 valence electrons. The van der Waals surface area contributed by atoms with E-state index in [1.165, 1.54) is 0 Å². The van der Waals surface area contributed by atoms with Crippen LogP contribution in [0.2, 0.25) is 0 Å². The summed E-state index contributed by atoms with van der Waals surface area (Å²) in [7, 11) is 0. The quantitative estimate of drug-likeness (QED) is 0.733. The van der Waals surface area contributed by atoms with Crippen LogP contribution in [0, 0.1) is 0 Å². The number of aromatic hydroxyl groups is 1. The van der Waals surface area contributed by atoms with Crippen LogP contribution in [0.1, 0.15) is 24.9 Å². The van der Waals surface area contributed by atoms with Crippen molar-refractivity contribution in [1.82, 2.24) is 5.32 Å². The summed E-state index contributed by atoms with van der Waals surface area (Å²) in [4.78, 5) is 11.8. The van der Waals surface area contributed by atoms with Gasteiger partial charge in [-0.05, 0) is 43.0 Å². The summed E-state index contributed by atoms with van der Waals surface area (Å²) >= 11 is 1.67. The Morgan fingerprint density at radius 2 is 2.28 bits per heavy atom. The van der Waals surface area contributed by atoms with E-state index in [1.54, 1.807) is 30.0 Å². The zero-order valence-corrected chi connectivity index (χ0v) is 11.5. The number of hydrogen-bond donors (Lipinski definition) is 3. The molecule has 0 aromatic heterocycles. The van der Waals surface area contributed by atoms with E-state index in [-0.39, 0.29) is 17.7 Å². The van der Waals surface area contributed by atoms with E-state index in [1.807, 2.05) is 19.2 Å². The third-order valence-corrected chi connectivity index (χ3v) is 3.34. The first-order chi connectivity index (χ1) is 8.54. The van der Waals surface area contributed by atoms with Crippen LogP contribution in [-0.2, 0) is 4.79 Å². The highest BCUT2D eigenvalue weighted by atomic mass is 32.2. The molecule has 1 unspecified atom stereocenters. The standard InChI is InChI=1S/C13H20N2O2S/c1-9(10-4-3-5-11(16)8-10)15-13(17)12(14)6-7-18-2/h3-5,8-9,12,16H,6-7,14H2,1-2H3,(H,15,17)/t9?,12-/m1/s1. The monoisotopic (exact) mass is 268 g/mol. The maximum Gasteiger partial charge on any atom is 0.237 e.